The average Bonchev–Trinajstić information content (AvgIpc) is 3.34. The summed E-state index contributed by atoms with van der Waals surface area (Å²) in [5.41, 5.74) is 0. The highest BCUT2D eigenvalue weighted by Crippen LogP contribution is 2.24. The van der Waals surface area contributed by atoms with E-state index in [0.717, 1.165) is 63.4 Å². The second-order valence-corrected chi connectivity index (χ2v) is 24.2. The van der Waals surface area contributed by atoms with Crippen LogP contribution in [0.1, 0.15) is 349 Å². The summed E-state index contributed by atoms with van der Waals surface area (Å²) in [4.78, 5) is 31.6. The minimum absolute atomic E-state index is 0.358. The number of carbonyl (C=O) groups excluding carboxylic acids is 2. The molecule has 68 heavy (non-hydrogen) atoms. The number of rotatable bonds is 59. The second-order valence-electron chi connectivity index (χ2n) is 21.5. The molecule has 0 bridgehead atoms. The van der Waals surface area contributed by atoms with Gasteiger partial charge in [0.15, 0.2) is 0 Å². The number of hydrogen-bond donors (Lipinski definition) is 0. The fourth-order valence-corrected chi connectivity index (χ4v) is 11.9. The Balaban J connectivity index is 4.70. The van der Waals surface area contributed by atoms with E-state index in [9.17, 15) is 9.59 Å². The molecule has 0 atom stereocenters. The van der Waals surface area contributed by atoms with Crippen molar-refractivity contribution < 1.29 is 9.59 Å². The zero-order valence-corrected chi connectivity index (χ0v) is 48.8. The van der Waals surface area contributed by atoms with E-state index in [4.69, 9.17) is 0 Å². The minimum atomic E-state index is 0.358. The van der Waals surface area contributed by atoms with Crippen LogP contribution >= 0.6 is 21.6 Å². The van der Waals surface area contributed by atoms with Gasteiger partial charge in [-0.05, 0) is 25.7 Å². The smallest absolute Gasteiger partial charge is 0.223 e. The van der Waals surface area contributed by atoms with Crippen LogP contribution in [0.4, 0.5) is 0 Å². The molecule has 0 saturated heterocycles. The fourth-order valence-electron chi connectivity index (χ4n) is 9.99. The topological polar surface area (TPSA) is 40.6 Å². The summed E-state index contributed by atoms with van der Waals surface area (Å²) in [6.45, 7) is 13.0. The Bertz CT molecular complexity index is 848. The van der Waals surface area contributed by atoms with E-state index in [-0.39, 0.29) is 0 Å². The van der Waals surface area contributed by atoms with Crippen LogP contribution in [0.3, 0.4) is 0 Å². The molecule has 0 aromatic rings. The number of hydrogen-bond acceptors (Lipinski definition) is 4. The maximum absolute atomic E-state index is 13.6. The Morgan fingerprint density at radius 2 is 0.382 bits per heavy atom. The molecule has 2 amide bonds. The van der Waals surface area contributed by atoms with Gasteiger partial charge in [0.05, 0.1) is 0 Å². The summed E-state index contributed by atoms with van der Waals surface area (Å²) in [7, 11) is 3.64. The van der Waals surface area contributed by atoms with Gasteiger partial charge in [0.25, 0.3) is 0 Å². The SMILES string of the molecule is CCCCCCCCCCCCCCN(CCCCCCCCCCCCCC)C(=O)CCSSCCC(=O)N(CCCCCCCCCCCCCC)CCCCCCCCCCCCCC. The van der Waals surface area contributed by atoms with Crippen LogP contribution in [-0.4, -0.2) is 59.3 Å². The van der Waals surface area contributed by atoms with E-state index in [0.29, 0.717) is 24.7 Å². The summed E-state index contributed by atoms with van der Waals surface area (Å²) >= 11 is 0. The molecule has 0 aliphatic rings. The maximum Gasteiger partial charge on any atom is 0.223 e. The van der Waals surface area contributed by atoms with Crippen molar-refractivity contribution in [2.45, 2.75) is 349 Å². The Labute approximate surface area is 436 Å². The van der Waals surface area contributed by atoms with E-state index in [1.165, 1.54) is 283 Å². The van der Waals surface area contributed by atoms with Gasteiger partial charge in [-0.25, -0.2) is 0 Å². The molecular weight excluding hydrogens is 869 g/mol. The van der Waals surface area contributed by atoms with Gasteiger partial charge in [-0.2, -0.15) is 0 Å². The third kappa shape index (κ3) is 52.0. The van der Waals surface area contributed by atoms with Crippen LogP contribution in [-0.2, 0) is 9.59 Å². The van der Waals surface area contributed by atoms with Gasteiger partial charge in [0.2, 0.25) is 11.8 Å². The van der Waals surface area contributed by atoms with Crippen LogP contribution in [0, 0.1) is 0 Å². The summed E-state index contributed by atoms with van der Waals surface area (Å²) < 4.78 is 0. The number of unbranched alkanes of at least 4 members (excludes halogenated alkanes) is 44. The maximum atomic E-state index is 13.6. The Hall–Kier alpha value is -0.360. The Morgan fingerprint density at radius 1 is 0.235 bits per heavy atom. The lowest BCUT2D eigenvalue weighted by Gasteiger charge is -2.23. The van der Waals surface area contributed by atoms with E-state index < -0.39 is 0 Å². The van der Waals surface area contributed by atoms with Gasteiger partial charge in [0.1, 0.15) is 0 Å². The molecule has 0 N–H and O–H groups in total. The molecule has 0 rings (SSSR count). The molecule has 0 aliphatic heterocycles. The van der Waals surface area contributed by atoms with Gasteiger partial charge >= 0.3 is 0 Å². The predicted octanol–water partition coefficient (Wildman–Crippen LogP) is 21.6. The highest BCUT2D eigenvalue weighted by atomic mass is 33.1. The first-order chi connectivity index (χ1) is 33.6. The molecular formula is C62H124N2O2S2. The predicted molar refractivity (Wildman–Crippen MR) is 312 cm³/mol. The zero-order valence-electron chi connectivity index (χ0n) is 47.1. The molecule has 4 nitrogen and oxygen atoms in total. The number of amides is 2. The fraction of sp³-hybridized carbons (Fsp3) is 0.968. The highest BCUT2D eigenvalue weighted by molar-refractivity contribution is 8.76. The molecule has 0 fully saturated rings. The number of nitrogens with zero attached hydrogens (tertiary/aromatic N) is 2. The van der Waals surface area contributed by atoms with Crippen molar-refractivity contribution in [3.63, 3.8) is 0 Å². The largest absolute Gasteiger partial charge is 0.343 e. The van der Waals surface area contributed by atoms with Crippen molar-refractivity contribution in [1.29, 1.82) is 0 Å². The van der Waals surface area contributed by atoms with Crippen molar-refractivity contribution in [2.24, 2.45) is 0 Å². The van der Waals surface area contributed by atoms with Gasteiger partial charge in [0, 0.05) is 50.5 Å². The van der Waals surface area contributed by atoms with Crippen LogP contribution in [0.2, 0.25) is 0 Å². The third-order valence-electron chi connectivity index (χ3n) is 14.7. The van der Waals surface area contributed by atoms with Crippen molar-refractivity contribution in [1.82, 2.24) is 9.80 Å². The van der Waals surface area contributed by atoms with Crippen molar-refractivity contribution >= 4 is 33.4 Å². The highest BCUT2D eigenvalue weighted by Gasteiger charge is 2.15. The molecule has 0 aromatic heterocycles. The summed E-state index contributed by atoms with van der Waals surface area (Å²) in [6, 6.07) is 0. The van der Waals surface area contributed by atoms with E-state index in [1.807, 2.05) is 21.6 Å². The lowest BCUT2D eigenvalue weighted by atomic mass is 10.0. The summed E-state index contributed by atoms with van der Waals surface area (Å²) in [5, 5.41) is 0. The van der Waals surface area contributed by atoms with Crippen LogP contribution in [0.25, 0.3) is 0 Å². The van der Waals surface area contributed by atoms with Gasteiger partial charge in [-0.1, -0.05) is 332 Å². The first kappa shape index (κ1) is 67.6. The molecule has 0 aliphatic carbocycles. The van der Waals surface area contributed by atoms with Crippen LogP contribution < -0.4 is 0 Å². The molecule has 0 unspecified atom stereocenters. The summed E-state index contributed by atoms with van der Waals surface area (Å²) in [6.07, 6.45) is 66.3. The quantitative estimate of drug-likeness (QED) is 0.0450. The van der Waals surface area contributed by atoms with Crippen molar-refractivity contribution in [3.8, 4) is 0 Å². The minimum Gasteiger partial charge on any atom is -0.343 e. The van der Waals surface area contributed by atoms with Crippen LogP contribution in [0.15, 0.2) is 0 Å². The van der Waals surface area contributed by atoms with E-state index >= 15 is 0 Å². The van der Waals surface area contributed by atoms with E-state index in [1.54, 1.807) is 0 Å². The molecule has 406 valence electrons. The lowest BCUT2D eigenvalue weighted by Crippen LogP contribution is -2.33. The van der Waals surface area contributed by atoms with Gasteiger partial charge in [-0.3, -0.25) is 9.59 Å². The first-order valence-corrected chi connectivity index (χ1v) is 33.9. The molecule has 0 saturated carbocycles. The first-order valence-electron chi connectivity index (χ1n) is 31.4. The zero-order chi connectivity index (χ0) is 49.3. The molecule has 0 spiro atoms. The number of carbonyl (C=O) groups is 2. The third-order valence-corrected chi connectivity index (χ3v) is 17.1. The second kappa shape index (κ2) is 59.2. The lowest BCUT2D eigenvalue weighted by molar-refractivity contribution is -0.131. The summed E-state index contributed by atoms with van der Waals surface area (Å²) in [5.74, 6) is 2.42. The standard InChI is InChI=1S/C62H124N2O2S2/c1-5-9-13-17-21-25-29-33-37-41-45-49-55-63(56-50-46-42-38-34-30-26-22-18-14-10-6-2)61(65)53-59-67-68-60-54-62(66)64(57-51-47-43-39-35-31-27-23-19-15-11-7-3)58-52-48-44-40-36-32-28-24-20-16-12-8-4/h5-60H2,1-4H3. The molecule has 6 heteroatoms. The van der Waals surface area contributed by atoms with Gasteiger partial charge < -0.3 is 9.80 Å². The van der Waals surface area contributed by atoms with Crippen LogP contribution in [0.5, 0.6) is 0 Å². The van der Waals surface area contributed by atoms with Crippen molar-refractivity contribution in [2.75, 3.05) is 37.7 Å². The molecule has 0 radical (unpaired) electrons. The Morgan fingerprint density at radius 3 is 0.544 bits per heavy atom. The Kier molecular flexibility index (Phi) is 58.9. The average molecular weight is 994 g/mol. The molecule has 0 heterocycles. The normalized spacial score (nSPS) is 11.5. The molecule has 0 aromatic carbocycles. The van der Waals surface area contributed by atoms with Crippen molar-refractivity contribution in [3.05, 3.63) is 0 Å². The van der Waals surface area contributed by atoms with Gasteiger partial charge in [-0.15, -0.1) is 0 Å². The van der Waals surface area contributed by atoms with E-state index in [2.05, 4.69) is 37.5 Å². The monoisotopic (exact) mass is 993 g/mol.